The predicted octanol–water partition coefficient (Wildman–Crippen LogP) is 3.87. The second-order valence-electron chi connectivity index (χ2n) is 7.72. The fraction of sp³-hybridized carbons (Fsp3) is 0.588. The average Bonchev–Trinajstić information content (AvgIpc) is 2.23. The standard InChI is InChI=1S/C17H24FNO2/c1-16(2)8-11(9-17(3,4)10-16)19-15(21)14-12(18)6-5-7-13(14)20/h5-7,11,20H,8-10H2,1-4H3,(H,19,21). The van der Waals surface area contributed by atoms with Crippen molar-refractivity contribution in [3.63, 3.8) is 0 Å². The summed E-state index contributed by atoms with van der Waals surface area (Å²) in [5.74, 6) is -1.55. The molecule has 0 spiro atoms. The van der Waals surface area contributed by atoms with Gasteiger partial charge in [-0.25, -0.2) is 4.39 Å². The van der Waals surface area contributed by atoms with Crippen LogP contribution in [0.15, 0.2) is 18.2 Å². The third kappa shape index (κ3) is 3.74. The Labute approximate surface area is 125 Å². The quantitative estimate of drug-likeness (QED) is 0.869. The fourth-order valence-corrected chi connectivity index (χ4v) is 3.94. The summed E-state index contributed by atoms with van der Waals surface area (Å²) in [7, 11) is 0. The number of amides is 1. The van der Waals surface area contributed by atoms with Gasteiger partial charge in [0.1, 0.15) is 17.1 Å². The number of aromatic hydroxyl groups is 1. The second kappa shape index (κ2) is 5.32. The Kier molecular flexibility index (Phi) is 4.00. The van der Waals surface area contributed by atoms with Crippen molar-refractivity contribution in [3.8, 4) is 5.75 Å². The topological polar surface area (TPSA) is 49.3 Å². The van der Waals surface area contributed by atoms with Gasteiger partial charge in [0.25, 0.3) is 5.91 Å². The lowest BCUT2D eigenvalue weighted by Gasteiger charge is -2.45. The third-order valence-electron chi connectivity index (χ3n) is 4.11. The first-order chi connectivity index (χ1) is 9.60. The minimum absolute atomic E-state index is 0.00439. The number of carbonyl (C=O) groups is 1. The molecule has 0 radical (unpaired) electrons. The summed E-state index contributed by atoms with van der Waals surface area (Å²) < 4.78 is 13.7. The predicted molar refractivity (Wildman–Crippen MR) is 80.7 cm³/mol. The van der Waals surface area contributed by atoms with Crippen LogP contribution in [0, 0.1) is 16.6 Å². The number of phenols is 1. The Morgan fingerprint density at radius 3 is 2.33 bits per heavy atom. The van der Waals surface area contributed by atoms with Crippen LogP contribution < -0.4 is 5.32 Å². The van der Waals surface area contributed by atoms with E-state index in [1.54, 1.807) is 0 Å². The van der Waals surface area contributed by atoms with Crippen LogP contribution in [0.25, 0.3) is 0 Å². The highest BCUT2D eigenvalue weighted by Crippen LogP contribution is 2.45. The van der Waals surface area contributed by atoms with Crippen LogP contribution in [0.5, 0.6) is 5.75 Å². The SMILES string of the molecule is CC1(C)CC(NC(=O)c2c(O)cccc2F)CC(C)(C)C1. The van der Waals surface area contributed by atoms with Gasteiger partial charge in [0, 0.05) is 6.04 Å². The average molecular weight is 293 g/mol. The van der Waals surface area contributed by atoms with Gasteiger partial charge in [-0.1, -0.05) is 33.8 Å². The Balaban J connectivity index is 2.16. The molecule has 1 aromatic carbocycles. The summed E-state index contributed by atoms with van der Waals surface area (Å²) >= 11 is 0. The van der Waals surface area contributed by atoms with Crippen LogP contribution in [0.2, 0.25) is 0 Å². The van der Waals surface area contributed by atoms with E-state index in [1.807, 2.05) is 0 Å². The van der Waals surface area contributed by atoms with Crippen LogP contribution >= 0.6 is 0 Å². The van der Waals surface area contributed by atoms with Gasteiger partial charge in [0.05, 0.1) is 0 Å². The molecule has 2 rings (SSSR count). The highest BCUT2D eigenvalue weighted by molar-refractivity contribution is 5.97. The maximum absolute atomic E-state index is 13.7. The lowest BCUT2D eigenvalue weighted by atomic mass is 9.63. The van der Waals surface area contributed by atoms with Crippen molar-refractivity contribution in [1.29, 1.82) is 0 Å². The number of carbonyl (C=O) groups excluding carboxylic acids is 1. The van der Waals surface area contributed by atoms with Gasteiger partial charge in [-0.2, -0.15) is 0 Å². The molecule has 1 aliphatic rings. The van der Waals surface area contributed by atoms with Gasteiger partial charge in [-0.05, 0) is 42.2 Å². The number of halogens is 1. The summed E-state index contributed by atoms with van der Waals surface area (Å²) in [4.78, 5) is 12.3. The Morgan fingerprint density at radius 1 is 1.24 bits per heavy atom. The molecule has 0 atom stereocenters. The molecule has 1 fully saturated rings. The van der Waals surface area contributed by atoms with Crippen molar-refractivity contribution in [2.75, 3.05) is 0 Å². The van der Waals surface area contributed by atoms with Crippen LogP contribution in [0.1, 0.15) is 57.3 Å². The molecule has 0 saturated heterocycles. The van der Waals surface area contributed by atoms with Gasteiger partial charge in [-0.15, -0.1) is 0 Å². The lowest BCUT2D eigenvalue weighted by Crippen LogP contribution is -2.46. The molecule has 0 aliphatic heterocycles. The molecule has 4 heteroatoms. The molecule has 1 aliphatic carbocycles. The molecule has 21 heavy (non-hydrogen) atoms. The number of hydrogen-bond acceptors (Lipinski definition) is 2. The van der Waals surface area contributed by atoms with Crippen molar-refractivity contribution in [2.45, 2.75) is 53.0 Å². The van der Waals surface area contributed by atoms with E-state index in [0.29, 0.717) is 0 Å². The Bertz CT molecular complexity index is 515. The molecule has 0 unspecified atom stereocenters. The van der Waals surface area contributed by atoms with Crippen molar-refractivity contribution in [2.24, 2.45) is 10.8 Å². The van der Waals surface area contributed by atoms with Crippen molar-refractivity contribution in [1.82, 2.24) is 5.32 Å². The van der Waals surface area contributed by atoms with Gasteiger partial charge in [0.2, 0.25) is 0 Å². The zero-order valence-electron chi connectivity index (χ0n) is 13.2. The first-order valence-corrected chi connectivity index (χ1v) is 7.38. The first-order valence-electron chi connectivity index (χ1n) is 7.38. The number of benzene rings is 1. The summed E-state index contributed by atoms with van der Waals surface area (Å²) in [6.45, 7) is 8.75. The number of phenolic OH excluding ortho intramolecular Hbond substituents is 1. The summed E-state index contributed by atoms with van der Waals surface area (Å²) in [5.41, 5.74) is 0.00667. The zero-order valence-corrected chi connectivity index (χ0v) is 13.2. The van der Waals surface area contributed by atoms with E-state index >= 15 is 0 Å². The minimum atomic E-state index is -0.693. The van der Waals surface area contributed by atoms with Crippen LogP contribution in [-0.4, -0.2) is 17.1 Å². The summed E-state index contributed by atoms with van der Waals surface area (Å²) in [5, 5.41) is 12.6. The molecule has 1 amide bonds. The van der Waals surface area contributed by atoms with Crippen LogP contribution in [0.4, 0.5) is 4.39 Å². The van der Waals surface area contributed by atoms with Gasteiger partial charge >= 0.3 is 0 Å². The van der Waals surface area contributed by atoms with Gasteiger partial charge in [0.15, 0.2) is 0 Å². The van der Waals surface area contributed by atoms with Crippen molar-refractivity contribution < 1.29 is 14.3 Å². The van der Waals surface area contributed by atoms with E-state index in [2.05, 4.69) is 33.0 Å². The molecular weight excluding hydrogens is 269 g/mol. The fourth-order valence-electron chi connectivity index (χ4n) is 3.94. The van der Waals surface area contributed by atoms with Crippen LogP contribution in [-0.2, 0) is 0 Å². The molecule has 0 aromatic heterocycles. The number of hydrogen-bond donors (Lipinski definition) is 2. The number of rotatable bonds is 2. The largest absolute Gasteiger partial charge is 0.507 e. The second-order valence-corrected chi connectivity index (χ2v) is 7.72. The van der Waals surface area contributed by atoms with Crippen molar-refractivity contribution >= 4 is 5.91 Å². The van der Waals surface area contributed by atoms with E-state index < -0.39 is 11.7 Å². The monoisotopic (exact) mass is 293 g/mol. The lowest BCUT2D eigenvalue weighted by molar-refractivity contribution is 0.0710. The Hall–Kier alpha value is -1.58. The Morgan fingerprint density at radius 2 is 1.81 bits per heavy atom. The summed E-state index contributed by atoms with van der Waals surface area (Å²) in [6, 6.07) is 3.89. The molecule has 1 aromatic rings. The molecule has 1 saturated carbocycles. The highest BCUT2D eigenvalue weighted by atomic mass is 19.1. The normalized spacial score (nSPS) is 21.0. The van der Waals surface area contributed by atoms with Gasteiger partial charge < -0.3 is 10.4 Å². The van der Waals surface area contributed by atoms with Crippen molar-refractivity contribution in [3.05, 3.63) is 29.6 Å². The van der Waals surface area contributed by atoms with E-state index in [-0.39, 0.29) is 28.2 Å². The molecule has 0 heterocycles. The smallest absolute Gasteiger partial charge is 0.258 e. The van der Waals surface area contributed by atoms with E-state index in [0.717, 1.165) is 19.3 Å². The first kappa shape index (κ1) is 15.8. The summed E-state index contributed by atoms with van der Waals surface area (Å²) in [6.07, 6.45) is 2.81. The molecule has 116 valence electrons. The minimum Gasteiger partial charge on any atom is -0.507 e. The molecular formula is C17H24FNO2. The zero-order chi connectivity index (χ0) is 15.8. The molecule has 3 nitrogen and oxygen atoms in total. The molecule has 0 bridgehead atoms. The highest BCUT2D eigenvalue weighted by Gasteiger charge is 2.39. The van der Waals surface area contributed by atoms with Gasteiger partial charge in [-0.3, -0.25) is 4.79 Å². The number of nitrogens with one attached hydrogen (secondary N) is 1. The third-order valence-corrected chi connectivity index (χ3v) is 4.11. The van der Waals surface area contributed by atoms with E-state index in [1.165, 1.54) is 18.2 Å². The van der Waals surface area contributed by atoms with E-state index in [9.17, 15) is 14.3 Å². The van der Waals surface area contributed by atoms with E-state index in [4.69, 9.17) is 0 Å². The maximum atomic E-state index is 13.7. The van der Waals surface area contributed by atoms with Crippen LogP contribution in [0.3, 0.4) is 0 Å². The maximum Gasteiger partial charge on any atom is 0.258 e. The molecule has 2 N–H and O–H groups in total.